The zero-order valence-corrected chi connectivity index (χ0v) is 21.0. The van der Waals surface area contributed by atoms with Crippen molar-refractivity contribution in [1.29, 1.82) is 0 Å². The van der Waals surface area contributed by atoms with Gasteiger partial charge in [0, 0.05) is 16.1 Å². The number of nitrogens with one attached hydrogen (secondary N) is 1. The fraction of sp³-hybridized carbons (Fsp3) is 0.107. The Bertz CT molecular complexity index is 1460. The lowest BCUT2D eigenvalue weighted by atomic mass is 10.0. The Kier molecular flexibility index (Phi) is 7.90. The van der Waals surface area contributed by atoms with Gasteiger partial charge < -0.3 is 18.9 Å². The van der Waals surface area contributed by atoms with E-state index in [4.69, 9.17) is 30.5 Å². The number of esters is 1. The van der Waals surface area contributed by atoms with Gasteiger partial charge in [-0.25, -0.2) is 10.2 Å². The van der Waals surface area contributed by atoms with E-state index in [2.05, 4.69) is 10.5 Å². The molecule has 0 spiro atoms. The number of carbonyl (C=O) groups is 2. The summed E-state index contributed by atoms with van der Waals surface area (Å²) in [5.41, 5.74) is 3.61. The number of hydrogen-bond donors (Lipinski definition) is 1. The van der Waals surface area contributed by atoms with E-state index in [0.717, 1.165) is 10.8 Å². The quantitative estimate of drug-likeness (QED) is 0.143. The second-order valence-corrected chi connectivity index (χ2v) is 8.14. The molecule has 9 heteroatoms. The first kappa shape index (κ1) is 25.5. The zero-order valence-electron chi connectivity index (χ0n) is 20.3. The Hall–Kier alpha value is -4.56. The number of hydrogen-bond acceptors (Lipinski definition) is 7. The van der Waals surface area contributed by atoms with Crippen LogP contribution in [0.15, 0.2) is 77.9 Å². The van der Waals surface area contributed by atoms with Crippen molar-refractivity contribution >= 4 is 40.5 Å². The predicted molar refractivity (Wildman–Crippen MR) is 142 cm³/mol. The second-order valence-electron chi connectivity index (χ2n) is 7.71. The number of ether oxygens (including phenoxy) is 4. The summed E-state index contributed by atoms with van der Waals surface area (Å²) in [7, 11) is 4.40. The maximum absolute atomic E-state index is 12.8. The molecule has 4 rings (SSSR count). The highest BCUT2D eigenvalue weighted by molar-refractivity contribution is 6.30. The van der Waals surface area contributed by atoms with Crippen molar-refractivity contribution in [3.05, 3.63) is 94.5 Å². The number of nitrogens with zero attached hydrogens (tertiary/aromatic N) is 1. The summed E-state index contributed by atoms with van der Waals surface area (Å²) >= 11 is 5.92. The molecule has 0 aliphatic rings. The van der Waals surface area contributed by atoms with Gasteiger partial charge in [-0.15, -0.1) is 0 Å². The van der Waals surface area contributed by atoms with Gasteiger partial charge in [-0.1, -0.05) is 41.9 Å². The molecule has 1 N–H and O–H groups in total. The van der Waals surface area contributed by atoms with Gasteiger partial charge in [0.2, 0.25) is 5.75 Å². The van der Waals surface area contributed by atoms with Gasteiger partial charge in [0.1, 0.15) is 5.75 Å². The van der Waals surface area contributed by atoms with Gasteiger partial charge in [-0.05, 0) is 53.2 Å². The van der Waals surface area contributed by atoms with Crippen LogP contribution >= 0.6 is 11.6 Å². The monoisotopic (exact) mass is 518 g/mol. The number of carbonyl (C=O) groups excluding carboxylic acids is 2. The molecular formula is C28H23ClN2O6. The van der Waals surface area contributed by atoms with Crippen molar-refractivity contribution in [2.24, 2.45) is 5.10 Å². The molecule has 0 saturated heterocycles. The van der Waals surface area contributed by atoms with Gasteiger partial charge in [0.15, 0.2) is 11.5 Å². The summed E-state index contributed by atoms with van der Waals surface area (Å²) in [6, 6.07) is 20.5. The molecule has 37 heavy (non-hydrogen) atoms. The number of rotatable bonds is 8. The molecule has 0 unspecified atom stereocenters. The number of halogens is 1. The van der Waals surface area contributed by atoms with Crippen LogP contribution in [0.25, 0.3) is 10.8 Å². The third-order valence-electron chi connectivity index (χ3n) is 5.50. The minimum absolute atomic E-state index is 0.249. The van der Waals surface area contributed by atoms with Crippen LogP contribution < -0.4 is 24.4 Å². The molecule has 0 saturated carbocycles. The standard InChI is InChI=1S/C28H23ClN2O6/c1-34-24-14-19(15-25(35-2)26(24)36-3)27(32)31-30-16-22-21-7-5-4-6-17(21)10-13-23(22)37-28(33)18-8-11-20(29)12-9-18/h4-16H,1-3H3,(H,31,32). The van der Waals surface area contributed by atoms with Crippen molar-refractivity contribution in [3.8, 4) is 23.0 Å². The summed E-state index contributed by atoms with van der Waals surface area (Å²) in [5, 5.41) is 6.33. The fourth-order valence-corrected chi connectivity index (χ4v) is 3.80. The summed E-state index contributed by atoms with van der Waals surface area (Å²) in [6.07, 6.45) is 1.43. The fourth-order valence-electron chi connectivity index (χ4n) is 3.67. The first-order valence-electron chi connectivity index (χ1n) is 11.1. The second kappa shape index (κ2) is 11.5. The Balaban J connectivity index is 1.62. The van der Waals surface area contributed by atoms with Gasteiger partial charge in [-0.3, -0.25) is 4.79 Å². The molecule has 0 bridgehead atoms. The van der Waals surface area contributed by atoms with Crippen LogP contribution in [-0.4, -0.2) is 39.4 Å². The van der Waals surface area contributed by atoms with E-state index in [0.29, 0.717) is 33.4 Å². The van der Waals surface area contributed by atoms with Crippen LogP contribution in [0.3, 0.4) is 0 Å². The minimum Gasteiger partial charge on any atom is -0.493 e. The highest BCUT2D eigenvalue weighted by Crippen LogP contribution is 2.38. The Morgan fingerprint density at radius 2 is 1.49 bits per heavy atom. The molecule has 4 aromatic rings. The van der Waals surface area contributed by atoms with Crippen LogP contribution in [0.4, 0.5) is 0 Å². The van der Waals surface area contributed by atoms with Gasteiger partial charge in [0.05, 0.1) is 33.1 Å². The van der Waals surface area contributed by atoms with Gasteiger partial charge in [0.25, 0.3) is 5.91 Å². The van der Waals surface area contributed by atoms with Crippen LogP contribution in [0.2, 0.25) is 5.02 Å². The lowest BCUT2D eigenvalue weighted by molar-refractivity contribution is 0.0734. The third-order valence-corrected chi connectivity index (χ3v) is 5.75. The zero-order chi connectivity index (χ0) is 26.4. The molecule has 1 amide bonds. The molecule has 0 radical (unpaired) electrons. The average molecular weight is 519 g/mol. The molecule has 0 aliphatic heterocycles. The number of hydrazone groups is 1. The Morgan fingerprint density at radius 1 is 0.811 bits per heavy atom. The van der Waals surface area contributed by atoms with E-state index in [1.165, 1.54) is 39.7 Å². The highest BCUT2D eigenvalue weighted by Gasteiger charge is 2.17. The normalized spacial score (nSPS) is 10.8. The molecule has 188 valence electrons. The van der Waals surface area contributed by atoms with Crippen LogP contribution in [0.5, 0.6) is 23.0 Å². The molecule has 0 aliphatic carbocycles. The van der Waals surface area contributed by atoms with E-state index in [9.17, 15) is 9.59 Å². The smallest absolute Gasteiger partial charge is 0.343 e. The molecular weight excluding hydrogens is 496 g/mol. The van der Waals surface area contributed by atoms with Crippen LogP contribution in [-0.2, 0) is 0 Å². The average Bonchev–Trinajstić information content (AvgIpc) is 2.93. The van der Waals surface area contributed by atoms with E-state index >= 15 is 0 Å². The number of benzene rings is 4. The van der Waals surface area contributed by atoms with Gasteiger partial charge in [-0.2, -0.15) is 5.10 Å². The largest absolute Gasteiger partial charge is 0.493 e. The molecule has 0 fully saturated rings. The predicted octanol–water partition coefficient (Wildman–Crippen LogP) is 5.50. The van der Waals surface area contributed by atoms with E-state index < -0.39 is 11.9 Å². The lowest BCUT2D eigenvalue weighted by Gasteiger charge is -2.13. The molecule has 4 aromatic carbocycles. The highest BCUT2D eigenvalue weighted by atomic mass is 35.5. The minimum atomic E-state index is -0.553. The third kappa shape index (κ3) is 5.65. The number of methoxy groups -OCH3 is 3. The van der Waals surface area contributed by atoms with Crippen LogP contribution in [0.1, 0.15) is 26.3 Å². The van der Waals surface area contributed by atoms with Crippen LogP contribution in [0, 0.1) is 0 Å². The van der Waals surface area contributed by atoms with Crippen molar-refractivity contribution in [2.75, 3.05) is 21.3 Å². The number of amides is 1. The van der Waals surface area contributed by atoms with E-state index in [1.807, 2.05) is 30.3 Å². The first-order chi connectivity index (χ1) is 17.9. The van der Waals surface area contributed by atoms with Crippen molar-refractivity contribution < 1.29 is 28.5 Å². The Morgan fingerprint density at radius 3 is 2.14 bits per heavy atom. The molecule has 0 heterocycles. The lowest BCUT2D eigenvalue weighted by Crippen LogP contribution is -2.18. The summed E-state index contributed by atoms with van der Waals surface area (Å²) in [6.45, 7) is 0. The summed E-state index contributed by atoms with van der Waals surface area (Å²) in [5.74, 6) is 0.263. The maximum Gasteiger partial charge on any atom is 0.343 e. The summed E-state index contributed by atoms with van der Waals surface area (Å²) in [4.78, 5) is 25.6. The molecule has 0 atom stereocenters. The maximum atomic E-state index is 12.8. The topological polar surface area (TPSA) is 95.5 Å². The van der Waals surface area contributed by atoms with Crippen molar-refractivity contribution in [2.45, 2.75) is 0 Å². The van der Waals surface area contributed by atoms with E-state index in [1.54, 1.807) is 30.3 Å². The van der Waals surface area contributed by atoms with E-state index in [-0.39, 0.29) is 11.3 Å². The molecule has 0 aromatic heterocycles. The first-order valence-corrected chi connectivity index (χ1v) is 11.5. The summed E-state index contributed by atoms with van der Waals surface area (Å²) < 4.78 is 21.6. The Labute approximate surface area is 218 Å². The molecule has 8 nitrogen and oxygen atoms in total. The SMILES string of the molecule is COc1cc(C(=O)NN=Cc2c(OC(=O)c3ccc(Cl)cc3)ccc3ccccc23)cc(OC)c1OC. The number of fused-ring (bicyclic) bond motifs is 1. The van der Waals surface area contributed by atoms with Crippen molar-refractivity contribution in [1.82, 2.24) is 5.43 Å². The van der Waals surface area contributed by atoms with Gasteiger partial charge >= 0.3 is 5.97 Å². The van der Waals surface area contributed by atoms with Crippen molar-refractivity contribution in [3.63, 3.8) is 0 Å².